The van der Waals surface area contributed by atoms with Crippen molar-refractivity contribution in [3.05, 3.63) is 114 Å². The van der Waals surface area contributed by atoms with Crippen LogP contribution in [0.15, 0.2) is 102 Å². The van der Waals surface area contributed by atoms with E-state index in [-0.39, 0.29) is 41.2 Å². The minimum absolute atomic E-state index is 0.0254. The van der Waals surface area contributed by atoms with Crippen molar-refractivity contribution in [2.45, 2.75) is 69.5 Å². The minimum Gasteiger partial charge on any atom is -0.494 e. The van der Waals surface area contributed by atoms with Gasteiger partial charge in [-0.05, 0) is 74.2 Å². The van der Waals surface area contributed by atoms with Gasteiger partial charge >= 0.3 is 0 Å². The molecule has 0 bridgehead atoms. The molecule has 0 radical (unpaired) electrons. The van der Waals surface area contributed by atoms with Crippen LogP contribution in [0.2, 0.25) is 0 Å². The molecule has 2 amide bonds. The average molecular weight is 714 g/mol. The lowest BCUT2D eigenvalue weighted by atomic mass is 10.0. The number of ether oxygens (including phenoxy) is 3. The number of benzene rings is 4. The predicted molar refractivity (Wildman–Crippen MR) is 198 cm³/mol. The van der Waals surface area contributed by atoms with Crippen molar-refractivity contribution in [3.63, 3.8) is 0 Å². The number of carbonyl (C=O) groups is 2. The number of sulfonamides is 1. The largest absolute Gasteiger partial charge is 0.494 e. The molecule has 0 aliphatic heterocycles. The molecule has 1 unspecified atom stereocenters. The number of amides is 2. The van der Waals surface area contributed by atoms with Crippen molar-refractivity contribution in [1.82, 2.24) is 10.2 Å². The quantitative estimate of drug-likeness (QED) is 0.145. The molecule has 0 spiro atoms. The van der Waals surface area contributed by atoms with Crippen LogP contribution in [0.1, 0.15) is 49.3 Å². The molecule has 1 saturated carbocycles. The van der Waals surface area contributed by atoms with Gasteiger partial charge in [-0.1, -0.05) is 73.0 Å². The van der Waals surface area contributed by atoms with E-state index in [1.807, 2.05) is 68.4 Å². The van der Waals surface area contributed by atoms with Gasteiger partial charge in [0.05, 0.1) is 31.4 Å². The molecule has 270 valence electrons. The van der Waals surface area contributed by atoms with Crippen molar-refractivity contribution in [2.24, 2.45) is 0 Å². The summed E-state index contributed by atoms with van der Waals surface area (Å²) in [6, 6.07) is 27.3. The summed E-state index contributed by atoms with van der Waals surface area (Å²) in [5, 5.41) is 3.21. The van der Waals surface area contributed by atoms with Gasteiger partial charge in [0.15, 0.2) is 11.5 Å². The Hall–Kier alpha value is -5.03. The van der Waals surface area contributed by atoms with Crippen molar-refractivity contribution < 1.29 is 32.2 Å². The van der Waals surface area contributed by atoms with Gasteiger partial charge in [-0.3, -0.25) is 13.9 Å². The Labute approximate surface area is 301 Å². The molecule has 1 aliphatic rings. The fraction of sp³-hybridized carbons (Fsp3) is 0.350. The summed E-state index contributed by atoms with van der Waals surface area (Å²) in [7, 11) is -1.47. The average Bonchev–Trinajstić information content (AvgIpc) is 3.65. The molecule has 1 fully saturated rings. The van der Waals surface area contributed by atoms with E-state index in [4.69, 9.17) is 14.2 Å². The number of aryl methyl sites for hydroxylation is 1. The fourth-order valence-corrected chi connectivity index (χ4v) is 7.87. The molecule has 4 aromatic rings. The summed E-state index contributed by atoms with van der Waals surface area (Å²) in [5.74, 6) is 0.355. The third kappa shape index (κ3) is 9.40. The molecule has 1 atom stereocenters. The SMILES string of the molecule is CCOc1ccc(N(CC(=O)N(Cc2cccc(C)c2)C(Cc2ccccc2)C(=O)NC2CCCC2)S(=O)(=O)c2ccc(OC)c(OC)c2)cc1. The topological polar surface area (TPSA) is 114 Å². The van der Waals surface area contributed by atoms with Gasteiger partial charge in [-0.15, -0.1) is 0 Å². The number of rotatable bonds is 16. The molecular weight excluding hydrogens is 667 g/mol. The van der Waals surface area contributed by atoms with E-state index in [9.17, 15) is 18.0 Å². The minimum atomic E-state index is -4.36. The normalized spacial score (nSPS) is 13.6. The van der Waals surface area contributed by atoms with E-state index in [0.29, 0.717) is 18.1 Å². The second-order valence-corrected chi connectivity index (χ2v) is 14.5. The van der Waals surface area contributed by atoms with Crippen molar-refractivity contribution >= 4 is 27.5 Å². The third-order valence-electron chi connectivity index (χ3n) is 9.07. The van der Waals surface area contributed by atoms with Crippen LogP contribution in [0.3, 0.4) is 0 Å². The van der Waals surface area contributed by atoms with Crippen LogP contribution in [-0.2, 0) is 32.6 Å². The Morgan fingerprint density at radius 1 is 0.843 bits per heavy atom. The summed E-state index contributed by atoms with van der Waals surface area (Å²) >= 11 is 0. The zero-order chi connectivity index (χ0) is 36.4. The van der Waals surface area contributed by atoms with Gasteiger partial charge in [-0.2, -0.15) is 0 Å². The molecule has 0 saturated heterocycles. The van der Waals surface area contributed by atoms with Crippen molar-refractivity contribution in [3.8, 4) is 17.2 Å². The smallest absolute Gasteiger partial charge is 0.264 e. The van der Waals surface area contributed by atoms with Gasteiger partial charge < -0.3 is 24.4 Å². The fourth-order valence-electron chi connectivity index (χ4n) is 6.44. The Bertz CT molecular complexity index is 1880. The number of hydrogen-bond donors (Lipinski definition) is 1. The summed E-state index contributed by atoms with van der Waals surface area (Å²) in [4.78, 5) is 30.5. The summed E-state index contributed by atoms with van der Waals surface area (Å²) in [5.41, 5.74) is 2.96. The lowest BCUT2D eigenvalue weighted by molar-refractivity contribution is -0.140. The first-order valence-corrected chi connectivity index (χ1v) is 18.7. The monoisotopic (exact) mass is 713 g/mol. The van der Waals surface area contributed by atoms with Crippen LogP contribution in [0.5, 0.6) is 17.2 Å². The first-order valence-electron chi connectivity index (χ1n) is 17.3. The molecule has 1 N–H and O–H groups in total. The number of carbonyl (C=O) groups excluding carboxylic acids is 2. The molecule has 10 nitrogen and oxygen atoms in total. The predicted octanol–water partition coefficient (Wildman–Crippen LogP) is 6.31. The number of hydrogen-bond acceptors (Lipinski definition) is 7. The maximum absolute atomic E-state index is 14.8. The second-order valence-electron chi connectivity index (χ2n) is 12.7. The number of nitrogens with zero attached hydrogens (tertiary/aromatic N) is 2. The van der Waals surface area contributed by atoms with Gasteiger partial charge in [0, 0.05) is 25.1 Å². The molecule has 1 aliphatic carbocycles. The summed E-state index contributed by atoms with van der Waals surface area (Å²) in [6.45, 7) is 3.79. The molecule has 11 heteroatoms. The van der Waals surface area contributed by atoms with Crippen LogP contribution in [0, 0.1) is 6.92 Å². The highest BCUT2D eigenvalue weighted by molar-refractivity contribution is 7.92. The lowest BCUT2D eigenvalue weighted by Crippen LogP contribution is -2.54. The second kappa shape index (κ2) is 17.3. The van der Waals surface area contributed by atoms with E-state index in [0.717, 1.165) is 46.7 Å². The van der Waals surface area contributed by atoms with Gasteiger partial charge in [0.1, 0.15) is 18.3 Å². The van der Waals surface area contributed by atoms with E-state index < -0.39 is 28.5 Å². The first kappa shape index (κ1) is 37.2. The van der Waals surface area contributed by atoms with Crippen LogP contribution < -0.4 is 23.8 Å². The third-order valence-corrected chi connectivity index (χ3v) is 10.8. The molecule has 5 rings (SSSR count). The van der Waals surface area contributed by atoms with Crippen molar-refractivity contribution in [2.75, 3.05) is 31.7 Å². The Kier molecular flexibility index (Phi) is 12.6. The first-order chi connectivity index (χ1) is 24.6. The zero-order valence-corrected chi connectivity index (χ0v) is 30.5. The van der Waals surface area contributed by atoms with Crippen LogP contribution in [-0.4, -0.2) is 64.6 Å². The van der Waals surface area contributed by atoms with Gasteiger partial charge in [0.2, 0.25) is 11.8 Å². The van der Waals surface area contributed by atoms with E-state index in [2.05, 4.69) is 5.32 Å². The summed E-state index contributed by atoms with van der Waals surface area (Å²) < 4.78 is 46.5. The highest BCUT2D eigenvalue weighted by Crippen LogP contribution is 2.33. The molecule has 0 heterocycles. The van der Waals surface area contributed by atoms with E-state index >= 15 is 0 Å². The molecule has 0 aromatic heterocycles. The van der Waals surface area contributed by atoms with Gasteiger partial charge in [-0.25, -0.2) is 8.42 Å². The Balaban J connectivity index is 1.59. The lowest BCUT2D eigenvalue weighted by Gasteiger charge is -2.34. The number of anilines is 1. The number of nitrogens with one attached hydrogen (secondary N) is 1. The Morgan fingerprint density at radius 3 is 2.18 bits per heavy atom. The van der Waals surface area contributed by atoms with Crippen LogP contribution >= 0.6 is 0 Å². The van der Waals surface area contributed by atoms with E-state index in [1.54, 1.807) is 24.3 Å². The molecule has 4 aromatic carbocycles. The summed E-state index contributed by atoms with van der Waals surface area (Å²) in [6.07, 6.45) is 4.08. The van der Waals surface area contributed by atoms with E-state index in [1.165, 1.54) is 37.3 Å². The zero-order valence-electron chi connectivity index (χ0n) is 29.7. The maximum atomic E-state index is 14.8. The van der Waals surface area contributed by atoms with Crippen LogP contribution in [0.25, 0.3) is 0 Å². The Morgan fingerprint density at radius 2 is 1.53 bits per heavy atom. The molecule has 51 heavy (non-hydrogen) atoms. The van der Waals surface area contributed by atoms with Crippen molar-refractivity contribution in [1.29, 1.82) is 0 Å². The highest BCUT2D eigenvalue weighted by Gasteiger charge is 2.36. The highest BCUT2D eigenvalue weighted by atomic mass is 32.2. The standard InChI is InChI=1S/C40H47N3O7S/c1-5-50-34-20-18-33(19-21-34)43(51(46,47)35-22-23-37(48-3)38(26-35)49-4)28-39(44)42(27-31-15-11-12-29(2)24-31)36(25-30-13-7-6-8-14-30)40(45)41-32-16-9-10-17-32/h6-8,11-15,18-24,26,32,36H,5,9-10,16-17,25,27-28H2,1-4H3,(H,41,45). The van der Waals surface area contributed by atoms with Gasteiger partial charge in [0.25, 0.3) is 10.0 Å². The maximum Gasteiger partial charge on any atom is 0.264 e. The van der Waals surface area contributed by atoms with Crippen LogP contribution in [0.4, 0.5) is 5.69 Å². The molecular formula is C40H47N3O7S. The number of methoxy groups -OCH3 is 2.